The van der Waals surface area contributed by atoms with Gasteiger partial charge in [0.15, 0.2) is 0 Å². The van der Waals surface area contributed by atoms with Gasteiger partial charge in [-0.2, -0.15) is 18.2 Å². The molecule has 1 aromatic heterocycles. The predicted molar refractivity (Wildman–Crippen MR) is 110 cm³/mol. The number of hydrogen-bond donors (Lipinski definition) is 0. The van der Waals surface area contributed by atoms with Gasteiger partial charge in [0, 0.05) is 13.1 Å². The molecule has 0 saturated heterocycles. The van der Waals surface area contributed by atoms with Crippen molar-refractivity contribution in [3.8, 4) is 0 Å². The summed E-state index contributed by atoms with van der Waals surface area (Å²) in [6.45, 7) is 7.24. The van der Waals surface area contributed by atoms with Crippen molar-refractivity contribution >= 4 is 44.9 Å². The van der Waals surface area contributed by atoms with Gasteiger partial charge >= 0.3 is 6.18 Å². The molecule has 0 N–H and O–H groups in total. The van der Waals surface area contributed by atoms with Crippen LogP contribution in [0.5, 0.6) is 0 Å². The van der Waals surface area contributed by atoms with Crippen LogP contribution in [0.25, 0.3) is 0 Å². The van der Waals surface area contributed by atoms with Crippen molar-refractivity contribution in [3.05, 3.63) is 27.1 Å². The number of hydrogen-bond acceptors (Lipinski definition) is 3. The minimum atomic E-state index is -4.02. The SMILES string of the molecule is C=C(C)CN(CCCCCC12CC(C(F)(F)F)(C1)C2)c1nc(Cl)nc(Cl)c1Br. The summed E-state index contributed by atoms with van der Waals surface area (Å²) < 4.78 is 39.4. The van der Waals surface area contributed by atoms with Crippen molar-refractivity contribution in [1.82, 2.24) is 9.97 Å². The number of aromatic nitrogens is 2. The van der Waals surface area contributed by atoms with Crippen molar-refractivity contribution in [3.63, 3.8) is 0 Å². The molecule has 0 unspecified atom stereocenters. The highest BCUT2D eigenvalue weighted by Gasteiger charge is 2.77. The Morgan fingerprint density at radius 3 is 2.39 bits per heavy atom. The standard InChI is InChI=1S/C19H23BrCl2F3N3/c1-12(2)8-28(15-13(20)14(21)26-16(22)27-15)7-5-3-4-6-17-9-18(10-17,11-17)19(23,24)25/h1,3-11H2,2H3. The van der Waals surface area contributed by atoms with Crippen molar-refractivity contribution in [1.29, 1.82) is 0 Å². The van der Waals surface area contributed by atoms with E-state index in [0.717, 1.165) is 37.8 Å². The summed E-state index contributed by atoms with van der Waals surface area (Å²) in [5, 5.41) is 0.334. The predicted octanol–water partition coefficient (Wildman–Crippen LogP) is 7.22. The molecule has 0 aliphatic heterocycles. The summed E-state index contributed by atoms with van der Waals surface area (Å²) in [5.41, 5.74) is -0.406. The molecule has 1 heterocycles. The Balaban J connectivity index is 1.48. The van der Waals surface area contributed by atoms with Gasteiger partial charge < -0.3 is 4.90 Å². The highest BCUT2D eigenvalue weighted by molar-refractivity contribution is 9.10. The Morgan fingerprint density at radius 1 is 1.18 bits per heavy atom. The van der Waals surface area contributed by atoms with Crippen molar-refractivity contribution in [2.75, 3.05) is 18.0 Å². The van der Waals surface area contributed by atoms with Gasteiger partial charge in [0.1, 0.15) is 11.0 Å². The molecule has 3 aliphatic rings. The zero-order valence-corrected chi connectivity index (χ0v) is 18.8. The first kappa shape index (κ1) is 22.2. The first-order valence-corrected chi connectivity index (χ1v) is 10.9. The first-order valence-electron chi connectivity index (χ1n) is 9.32. The fraction of sp³-hybridized carbons (Fsp3) is 0.684. The van der Waals surface area contributed by atoms with Gasteiger partial charge in [0.2, 0.25) is 5.28 Å². The van der Waals surface area contributed by atoms with Crippen LogP contribution in [-0.2, 0) is 0 Å². The molecule has 0 atom stereocenters. The van der Waals surface area contributed by atoms with E-state index in [1.54, 1.807) is 0 Å². The summed E-state index contributed by atoms with van der Waals surface area (Å²) in [7, 11) is 0. The molecule has 3 fully saturated rings. The molecule has 9 heteroatoms. The van der Waals surface area contributed by atoms with Gasteiger partial charge in [-0.1, -0.05) is 36.6 Å². The number of nitrogens with zero attached hydrogens (tertiary/aromatic N) is 3. The van der Waals surface area contributed by atoms with E-state index in [4.69, 9.17) is 23.2 Å². The fourth-order valence-electron chi connectivity index (χ4n) is 4.72. The van der Waals surface area contributed by atoms with Crippen LogP contribution in [-0.4, -0.2) is 29.2 Å². The fourth-order valence-corrected chi connectivity index (χ4v) is 5.52. The average Bonchev–Trinajstić information content (AvgIpc) is 2.48. The van der Waals surface area contributed by atoms with Crippen LogP contribution >= 0.6 is 39.1 Å². The second kappa shape index (κ2) is 7.95. The molecular formula is C19H23BrCl2F3N3. The number of halogens is 6. The quantitative estimate of drug-likeness (QED) is 0.155. The number of rotatable bonds is 9. The Kier molecular flexibility index (Phi) is 6.29. The van der Waals surface area contributed by atoms with Crippen molar-refractivity contribution in [2.45, 2.75) is 58.0 Å². The molecule has 0 radical (unpaired) electrons. The zero-order valence-electron chi connectivity index (χ0n) is 15.7. The molecule has 3 nitrogen and oxygen atoms in total. The number of anilines is 1. The van der Waals surface area contributed by atoms with Crippen LogP contribution in [0.4, 0.5) is 19.0 Å². The van der Waals surface area contributed by atoms with Gasteiger partial charge in [-0.05, 0) is 72.0 Å². The Labute approximate surface area is 181 Å². The van der Waals surface area contributed by atoms with E-state index in [1.165, 1.54) is 0 Å². The molecule has 0 spiro atoms. The van der Waals surface area contributed by atoms with E-state index in [-0.39, 0.29) is 15.9 Å². The second-order valence-electron chi connectivity index (χ2n) is 8.42. The summed E-state index contributed by atoms with van der Waals surface area (Å²) in [6.07, 6.45) is 0.659. The van der Waals surface area contributed by atoms with E-state index in [1.807, 2.05) is 11.8 Å². The van der Waals surface area contributed by atoms with Gasteiger partial charge in [-0.15, -0.1) is 0 Å². The molecule has 2 bridgehead atoms. The topological polar surface area (TPSA) is 29.0 Å². The van der Waals surface area contributed by atoms with Crippen LogP contribution in [0.3, 0.4) is 0 Å². The van der Waals surface area contributed by atoms with E-state index in [9.17, 15) is 13.2 Å². The van der Waals surface area contributed by atoms with Crippen LogP contribution in [0.15, 0.2) is 16.6 Å². The van der Waals surface area contributed by atoms with Gasteiger partial charge in [-0.3, -0.25) is 0 Å². The first-order chi connectivity index (χ1) is 13.0. The molecule has 3 aliphatic carbocycles. The van der Waals surface area contributed by atoms with Crippen LogP contribution in [0, 0.1) is 10.8 Å². The Hall–Kier alpha value is -0.530. The minimum Gasteiger partial charge on any atom is -0.352 e. The number of unbranched alkanes of at least 4 members (excludes halogenated alkanes) is 2. The normalized spacial score (nSPS) is 25.8. The molecule has 0 amide bonds. The average molecular weight is 501 g/mol. The van der Waals surface area contributed by atoms with E-state index in [0.29, 0.717) is 36.1 Å². The molecule has 28 heavy (non-hydrogen) atoms. The molecular weight excluding hydrogens is 478 g/mol. The highest BCUT2D eigenvalue weighted by atomic mass is 79.9. The van der Waals surface area contributed by atoms with Crippen LogP contribution in [0.1, 0.15) is 51.9 Å². The zero-order chi connectivity index (χ0) is 20.7. The second-order valence-corrected chi connectivity index (χ2v) is 9.91. The van der Waals surface area contributed by atoms with E-state index in [2.05, 4.69) is 32.5 Å². The van der Waals surface area contributed by atoms with E-state index >= 15 is 0 Å². The number of alkyl halides is 3. The molecule has 4 rings (SSSR count). The Morgan fingerprint density at radius 2 is 1.82 bits per heavy atom. The smallest absolute Gasteiger partial charge is 0.352 e. The van der Waals surface area contributed by atoms with Crippen molar-refractivity contribution in [2.24, 2.45) is 10.8 Å². The minimum absolute atomic E-state index is 0.0381. The summed E-state index contributed by atoms with van der Waals surface area (Å²) in [4.78, 5) is 10.3. The third-order valence-electron chi connectivity index (χ3n) is 5.90. The van der Waals surface area contributed by atoms with E-state index < -0.39 is 11.6 Å². The summed E-state index contributed by atoms with van der Waals surface area (Å²) in [5.74, 6) is 0.625. The van der Waals surface area contributed by atoms with Gasteiger partial charge in [-0.25, -0.2) is 4.98 Å². The van der Waals surface area contributed by atoms with Crippen LogP contribution < -0.4 is 4.90 Å². The molecule has 3 saturated carbocycles. The maximum atomic E-state index is 12.9. The van der Waals surface area contributed by atoms with Crippen LogP contribution in [0.2, 0.25) is 10.4 Å². The molecule has 1 aromatic rings. The Bertz CT molecular complexity index is 750. The lowest BCUT2D eigenvalue weighted by atomic mass is 9.34. The van der Waals surface area contributed by atoms with Gasteiger partial charge in [0.05, 0.1) is 9.89 Å². The summed E-state index contributed by atoms with van der Waals surface area (Å²) >= 11 is 15.5. The maximum Gasteiger partial charge on any atom is 0.394 e. The lowest BCUT2D eigenvalue weighted by molar-refractivity contribution is -0.364. The molecule has 0 aromatic carbocycles. The lowest BCUT2D eigenvalue weighted by Crippen LogP contribution is -2.67. The molecule has 156 valence electrons. The largest absolute Gasteiger partial charge is 0.394 e. The monoisotopic (exact) mass is 499 g/mol. The highest BCUT2D eigenvalue weighted by Crippen LogP contribution is 2.79. The van der Waals surface area contributed by atoms with Crippen molar-refractivity contribution < 1.29 is 13.2 Å². The summed E-state index contributed by atoms with van der Waals surface area (Å²) in [6, 6.07) is 0. The van der Waals surface area contributed by atoms with Gasteiger partial charge in [0.25, 0.3) is 0 Å². The third kappa shape index (κ3) is 4.31. The third-order valence-corrected chi connectivity index (χ3v) is 7.30. The maximum absolute atomic E-state index is 12.9. The lowest BCUT2D eigenvalue weighted by Gasteiger charge is -2.71.